The van der Waals surface area contributed by atoms with E-state index < -0.39 is 0 Å². The zero-order valence-corrected chi connectivity index (χ0v) is 31.7. The Bertz CT molecular complexity index is 3290. The first-order valence-corrected chi connectivity index (χ1v) is 19.8. The zero-order valence-electron chi connectivity index (χ0n) is 31.7. The maximum Gasteiger partial charge on any atom is 0.143 e. The van der Waals surface area contributed by atoms with Crippen LogP contribution in [0.15, 0.2) is 229 Å². The molecule has 0 fully saturated rings. The van der Waals surface area contributed by atoms with E-state index in [4.69, 9.17) is 4.42 Å². The zero-order chi connectivity index (χ0) is 38.4. The van der Waals surface area contributed by atoms with Crippen molar-refractivity contribution in [1.29, 1.82) is 0 Å². The molecule has 272 valence electrons. The highest BCUT2D eigenvalue weighted by atomic mass is 16.3. The second kappa shape index (κ2) is 14.1. The number of benzene rings is 10. The number of fused-ring (bicyclic) bond motifs is 5. The molecule has 0 unspecified atom stereocenters. The molecule has 10 aromatic carbocycles. The van der Waals surface area contributed by atoms with Crippen LogP contribution in [-0.2, 0) is 0 Å². The van der Waals surface area contributed by atoms with E-state index in [1.807, 2.05) is 12.1 Å². The lowest BCUT2D eigenvalue weighted by Gasteiger charge is -2.29. The highest BCUT2D eigenvalue weighted by Crippen LogP contribution is 2.45. The lowest BCUT2D eigenvalue weighted by atomic mass is 9.91. The van der Waals surface area contributed by atoms with Gasteiger partial charge in [-0.05, 0) is 91.3 Å². The summed E-state index contributed by atoms with van der Waals surface area (Å²) in [6, 6.07) is 80.7. The minimum absolute atomic E-state index is 0.902. The van der Waals surface area contributed by atoms with Gasteiger partial charge in [0.1, 0.15) is 11.2 Å². The number of furan rings is 1. The summed E-state index contributed by atoms with van der Waals surface area (Å²) >= 11 is 0. The van der Waals surface area contributed by atoms with Crippen LogP contribution in [0.25, 0.3) is 88.0 Å². The van der Waals surface area contributed by atoms with Crippen LogP contribution in [-0.4, -0.2) is 0 Å². The van der Waals surface area contributed by atoms with Crippen LogP contribution in [0.5, 0.6) is 0 Å². The van der Waals surface area contributed by atoms with Crippen molar-refractivity contribution in [2.24, 2.45) is 0 Å². The third kappa shape index (κ3) is 5.74. The summed E-state index contributed by atoms with van der Waals surface area (Å²) in [6.45, 7) is 0. The van der Waals surface area contributed by atoms with Gasteiger partial charge < -0.3 is 9.32 Å². The third-order valence-electron chi connectivity index (χ3n) is 11.5. The molecule has 0 spiro atoms. The molecule has 2 nitrogen and oxygen atoms in total. The molecule has 0 saturated heterocycles. The molecule has 2 heteroatoms. The van der Waals surface area contributed by atoms with Crippen LogP contribution in [0.2, 0.25) is 0 Å². The Balaban J connectivity index is 1.09. The SMILES string of the molecule is c1cc(-c2ccccc2-c2cccc3ccccc23)cc(N(c2ccc(-c3cccc4c3oc3ccccc34)cc2)c2ccccc2-c2cccc3ccccc23)c1. The van der Waals surface area contributed by atoms with E-state index >= 15 is 0 Å². The van der Waals surface area contributed by atoms with E-state index in [0.29, 0.717) is 0 Å². The van der Waals surface area contributed by atoms with Gasteiger partial charge in [0.05, 0.1) is 5.69 Å². The molecule has 11 rings (SSSR count). The molecule has 11 aromatic rings. The summed E-state index contributed by atoms with van der Waals surface area (Å²) in [6.07, 6.45) is 0. The van der Waals surface area contributed by atoms with Gasteiger partial charge in [-0.15, -0.1) is 0 Å². The highest BCUT2D eigenvalue weighted by molar-refractivity contribution is 6.10. The van der Waals surface area contributed by atoms with Gasteiger partial charge in [0.2, 0.25) is 0 Å². The van der Waals surface area contributed by atoms with Crippen molar-refractivity contribution in [3.05, 3.63) is 224 Å². The van der Waals surface area contributed by atoms with Gasteiger partial charge >= 0.3 is 0 Å². The van der Waals surface area contributed by atoms with E-state index in [1.165, 1.54) is 43.8 Å². The summed E-state index contributed by atoms with van der Waals surface area (Å²) in [5.74, 6) is 0. The van der Waals surface area contributed by atoms with Gasteiger partial charge in [0.25, 0.3) is 0 Å². The maximum absolute atomic E-state index is 6.46. The Morgan fingerprint density at radius 3 is 1.57 bits per heavy atom. The molecule has 0 saturated carbocycles. The molecule has 0 aliphatic carbocycles. The predicted molar refractivity (Wildman–Crippen MR) is 245 cm³/mol. The van der Waals surface area contributed by atoms with Crippen molar-refractivity contribution >= 4 is 60.5 Å². The van der Waals surface area contributed by atoms with Crippen LogP contribution < -0.4 is 4.90 Å². The summed E-state index contributed by atoms with van der Waals surface area (Å²) < 4.78 is 6.46. The van der Waals surface area contributed by atoms with E-state index in [0.717, 1.165) is 61.3 Å². The first-order chi connectivity index (χ1) is 28.8. The molecule has 1 aromatic heterocycles. The first-order valence-electron chi connectivity index (χ1n) is 19.8. The average molecular weight is 740 g/mol. The lowest BCUT2D eigenvalue weighted by Crippen LogP contribution is -2.11. The van der Waals surface area contributed by atoms with E-state index in [9.17, 15) is 0 Å². The monoisotopic (exact) mass is 739 g/mol. The normalized spacial score (nSPS) is 11.4. The lowest BCUT2D eigenvalue weighted by molar-refractivity contribution is 0.670. The summed E-state index contributed by atoms with van der Waals surface area (Å²) in [5, 5.41) is 7.19. The Labute approximate surface area is 337 Å². The Hall–Kier alpha value is -7.68. The minimum atomic E-state index is 0.902. The highest BCUT2D eigenvalue weighted by Gasteiger charge is 2.20. The van der Waals surface area contributed by atoms with Crippen molar-refractivity contribution in [2.75, 3.05) is 4.90 Å². The maximum atomic E-state index is 6.46. The second-order valence-electron chi connectivity index (χ2n) is 14.8. The minimum Gasteiger partial charge on any atom is -0.455 e. The standard InChI is InChI=1S/C56H37NO/c1-3-21-44-38(15-1)17-12-28-49(44)48-24-6-5-23-46(48)41-19-11-20-43(37-41)57(54-31-9-7-25-51(54)50-29-13-18-39-16-2-4-22-45(39)50)42-35-33-40(34-36-42)47-27-14-30-53-52-26-8-10-32-55(52)58-56(47)53/h1-37H. The fraction of sp³-hybridized carbons (Fsp3) is 0. The van der Waals surface area contributed by atoms with Gasteiger partial charge in [0.15, 0.2) is 0 Å². The molecule has 0 atom stereocenters. The van der Waals surface area contributed by atoms with Crippen molar-refractivity contribution in [3.8, 4) is 44.5 Å². The molecule has 1 heterocycles. The first kappa shape index (κ1) is 33.6. The molecular weight excluding hydrogens is 703 g/mol. The number of rotatable bonds is 7. The van der Waals surface area contributed by atoms with Gasteiger partial charge in [-0.2, -0.15) is 0 Å². The van der Waals surface area contributed by atoms with Crippen LogP contribution in [0.3, 0.4) is 0 Å². The molecule has 0 aliphatic rings. The van der Waals surface area contributed by atoms with E-state index in [-0.39, 0.29) is 0 Å². The third-order valence-corrected chi connectivity index (χ3v) is 11.5. The molecule has 0 aliphatic heterocycles. The van der Waals surface area contributed by atoms with Crippen molar-refractivity contribution in [3.63, 3.8) is 0 Å². The Morgan fingerprint density at radius 1 is 0.293 bits per heavy atom. The van der Waals surface area contributed by atoms with Crippen LogP contribution >= 0.6 is 0 Å². The Kier molecular flexibility index (Phi) is 8.19. The van der Waals surface area contributed by atoms with Gasteiger partial charge in [0, 0.05) is 33.3 Å². The number of anilines is 3. The van der Waals surface area contributed by atoms with Crippen LogP contribution in [0.4, 0.5) is 17.1 Å². The fourth-order valence-corrected chi connectivity index (χ4v) is 8.79. The molecule has 0 amide bonds. The van der Waals surface area contributed by atoms with Crippen LogP contribution in [0, 0.1) is 0 Å². The van der Waals surface area contributed by atoms with Crippen LogP contribution in [0.1, 0.15) is 0 Å². The molecule has 0 radical (unpaired) electrons. The van der Waals surface area contributed by atoms with Gasteiger partial charge in [-0.25, -0.2) is 0 Å². The molecule has 0 N–H and O–H groups in total. The van der Waals surface area contributed by atoms with Gasteiger partial charge in [-0.3, -0.25) is 0 Å². The summed E-state index contributed by atoms with van der Waals surface area (Å²) in [5.41, 5.74) is 14.4. The number of hydrogen-bond acceptors (Lipinski definition) is 2. The van der Waals surface area contributed by atoms with Crippen molar-refractivity contribution < 1.29 is 4.42 Å². The van der Waals surface area contributed by atoms with E-state index in [1.54, 1.807) is 0 Å². The topological polar surface area (TPSA) is 16.4 Å². The molecule has 0 bridgehead atoms. The molecular formula is C56H37NO. The smallest absolute Gasteiger partial charge is 0.143 e. The predicted octanol–water partition coefficient (Wildman–Crippen LogP) is 16.0. The fourth-order valence-electron chi connectivity index (χ4n) is 8.79. The summed E-state index contributed by atoms with van der Waals surface area (Å²) in [4.78, 5) is 2.41. The molecule has 58 heavy (non-hydrogen) atoms. The Morgan fingerprint density at radius 2 is 0.810 bits per heavy atom. The number of nitrogens with zero attached hydrogens (tertiary/aromatic N) is 1. The average Bonchev–Trinajstić information content (AvgIpc) is 3.68. The van der Waals surface area contributed by atoms with Crippen molar-refractivity contribution in [1.82, 2.24) is 0 Å². The number of hydrogen-bond donors (Lipinski definition) is 0. The summed E-state index contributed by atoms with van der Waals surface area (Å²) in [7, 11) is 0. The largest absolute Gasteiger partial charge is 0.455 e. The van der Waals surface area contributed by atoms with Crippen molar-refractivity contribution in [2.45, 2.75) is 0 Å². The van der Waals surface area contributed by atoms with Gasteiger partial charge in [-0.1, -0.05) is 188 Å². The van der Waals surface area contributed by atoms with E-state index in [2.05, 4.69) is 217 Å². The quantitative estimate of drug-likeness (QED) is 0.162. The number of para-hydroxylation sites is 3. The second-order valence-corrected chi connectivity index (χ2v) is 14.8.